The van der Waals surface area contributed by atoms with Gasteiger partial charge < -0.3 is 36.7 Å². The van der Waals surface area contributed by atoms with Gasteiger partial charge in [-0.2, -0.15) is 40.6 Å². The summed E-state index contributed by atoms with van der Waals surface area (Å²) in [5.41, 5.74) is 13.7. The molecule has 2 aliphatic heterocycles. The fraction of sp³-hybridized carbons (Fsp3) is 0.511. The summed E-state index contributed by atoms with van der Waals surface area (Å²) in [5.74, 6) is -2.23. The summed E-state index contributed by atoms with van der Waals surface area (Å²) < 4.78 is 10.9. The fourth-order valence-corrected chi connectivity index (χ4v) is 8.62. The smallest absolute Gasteiger partial charge is 0.664 e. The molecule has 6 rings (SSSR count). The standard InChI is InChI=1S/C45H56N4O5.Mg/c1-11-29-25(6)32-20-34-27(8)31(16-17-38(50)54-19-18-24(5)15-13-14-23(3)4)42(48-34)40-41(45(52)53-10)44(51)39-28(9)35(49-43(39)40)22-37-30(12-2)26(7)33(47-37)21-36(29)46-32;/h18,20,23,27,31,41H,1,11-17,19,21-22H2,2-10H3,(H-,48,49,51);/q-4;+2/p-1/b24-18+,34-20-;/t27-,31-,41+;/m0./s1. The van der Waals surface area contributed by atoms with Crippen LogP contribution in [0.2, 0.25) is 0 Å². The zero-order chi connectivity index (χ0) is 39.0. The SMILES string of the molecule is [CH2-]Cc1c2[n-]c(c1C)/C=C1\[N-]/C(=C3\c4[n-]c(c(C)c4C(=O)[C@@H]3C(=O)OC)Cc3[n-]c(c(C)c3CC)C2)[C@@H](CCC(=O)OC/C=C(\C)CCCC(C)C)[C@@H]1C.[Mg+2]. The van der Waals surface area contributed by atoms with E-state index in [1.807, 2.05) is 19.1 Å². The summed E-state index contributed by atoms with van der Waals surface area (Å²) in [5, 5.41) is 5.23. The molecule has 3 aromatic heterocycles. The Balaban J connectivity index is 0.00000580. The number of methoxy groups -OCH3 is 1. The minimum absolute atomic E-state index is 0. The molecule has 0 saturated carbocycles. The quantitative estimate of drug-likeness (QED) is 0.0599. The number of carbonyl (C=O) groups is 3. The summed E-state index contributed by atoms with van der Waals surface area (Å²) in [4.78, 5) is 56.4. The molecule has 3 aliphatic rings. The zero-order valence-electron chi connectivity index (χ0n) is 34.3. The molecule has 1 fully saturated rings. The Bertz CT molecular complexity index is 2050. The Kier molecular flexibility index (Phi) is 13.5. The molecular formula is C45H55MgN4O5-3. The van der Waals surface area contributed by atoms with E-state index in [1.54, 1.807) is 0 Å². The molecular weight excluding hydrogens is 701 g/mol. The number of rotatable bonds is 12. The normalized spacial score (nSPS) is 21.4. The molecule has 55 heavy (non-hydrogen) atoms. The van der Waals surface area contributed by atoms with E-state index in [4.69, 9.17) is 29.7 Å². The molecule has 0 unspecified atom stereocenters. The molecule has 10 heteroatoms. The van der Waals surface area contributed by atoms with Crippen LogP contribution in [0.1, 0.15) is 139 Å². The molecule has 3 atom stereocenters. The van der Waals surface area contributed by atoms with Crippen LogP contribution in [0.25, 0.3) is 17.0 Å². The van der Waals surface area contributed by atoms with Crippen molar-refractivity contribution in [3.05, 3.63) is 103 Å². The molecule has 0 amide bonds. The van der Waals surface area contributed by atoms with E-state index >= 15 is 0 Å². The molecule has 1 saturated heterocycles. The van der Waals surface area contributed by atoms with Gasteiger partial charge in [0.25, 0.3) is 0 Å². The number of Topliss-reactive ketones (excluding diaryl/α,β-unsaturated/α-hetero) is 1. The first-order valence-corrected chi connectivity index (χ1v) is 19.6. The van der Waals surface area contributed by atoms with E-state index in [-0.39, 0.29) is 59.7 Å². The van der Waals surface area contributed by atoms with Crippen molar-refractivity contribution in [1.29, 1.82) is 0 Å². The van der Waals surface area contributed by atoms with Gasteiger partial charge in [0.05, 0.1) is 7.11 Å². The number of hydrogen-bond acceptors (Lipinski definition) is 5. The average molecular weight is 756 g/mol. The molecule has 3 aromatic rings. The van der Waals surface area contributed by atoms with Crippen LogP contribution < -0.4 is 15.0 Å². The molecule has 0 aromatic carbocycles. The monoisotopic (exact) mass is 755 g/mol. The fourth-order valence-electron chi connectivity index (χ4n) is 8.62. The van der Waals surface area contributed by atoms with Crippen LogP contribution in [0.15, 0.2) is 23.0 Å². The van der Waals surface area contributed by atoms with Crippen LogP contribution in [0.4, 0.5) is 0 Å². The maximum absolute atomic E-state index is 14.3. The third-order valence-electron chi connectivity index (χ3n) is 11.9. The number of ether oxygens (including phenoxy) is 2. The van der Waals surface area contributed by atoms with Crippen molar-refractivity contribution in [1.82, 2.24) is 15.0 Å². The second-order valence-corrected chi connectivity index (χ2v) is 15.8. The van der Waals surface area contributed by atoms with Gasteiger partial charge in [-0.1, -0.05) is 79.2 Å². The summed E-state index contributed by atoms with van der Waals surface area (Å²) in [6.07, 6.45) is 10.3. The number of fused-ring (bicyclic) bond motifs is 7. The zero-order valence-corrected chi connectivity index (χ0v) is 35.7. The molecule has 9 nitrogen and oxygen atoms in total. The predicted octanol–water partition coefficient (Wildman–Crippen LogP) is 8.01. The Morgan fingerprint density at radius 3 is 2.33 bits per heavy atom. The van der Waals surface area contributed by atoms with Gasteiger partial charge in [-0.15, -0.1) is 11.4 Å². The van der Waals surface area contributed by atoms with E-state index in [2.05, 4.69) is 55.4 Å². The topological polar surface area (TPSA) is 126 Å². The van der Waals surface area contributed by atoms with Crippen LogP contribution in [0, 0.1) is 51.4 Å². The maximum Gasteiger partial charge on any atom is 2.00 e. The number of aromatic nitrogens is 3. The Hall–Kier alpha value is -3.76. The van der Waals surface area contributed by atoms with Gasteiger partial charge in [0.2, 0.25) is 0 Å². The van der Waals surface area contributed by atoms with Crippen LogP contribution in [-0.4, -0.2) is 54.5 Å². The number of carbonyl (C=O) groups excluding carboxylic acids is 3. The second kappa shape index (κ2) is 17.6. The van der Waals surface area contributed by atoms with Crippen molar-refractivity contribution in [3.8, 4) is 0 Å². The number of allylic oxidation sites excluding steroid dienone is 3. The molecule has 1 aliphatic carbocycles. The van der Waals surface area contributed by atoms with E-state index in [9.17, 15) is 14.4 Å². The summed E-state index contributed by atoms with van der Waals surface area (Å²) in [6, 6.07) is 0. The summed E-state index contributed by atoms with van der Waals surface area (Å²) >= 11 is 0. The first-order chi connectivity index (χ1) is 25.8. The van der Waals surface area contributed by atoms with Crippen LogP contribution in [-0.2, 0) is 44.7 Å². The van der Waals surface area contributed by atoms with Gasteiger partial charge in [0.1, 0.15) is 12.5 Å². The summed E-state index contributed by atoms with van der Waals surface area (Å²) in [7, 11) is 1.30. The van der Waals surface area contributed by atoms with Gasteiger partial charge in [0, 0.05) is 12.0 Å². The van der Waals surface area contributed by atoms with Gasteiger partial charge >= 0.3 is 35.0 Å². The van der Waals surface area contributed by atoms with Crippen LogP contribution in [0.3, 0.4) is 0 Å². The molecule has 8 bridgehead atoms. The first-order valence-electron chi connectivity index (χ1n) is 19.6. The van der Waals surface area contributed by atoms with Crippen LogP contribution >= 0.6 is 0 Å². The van der Waals surface area contributed by atoms with Gasteiger partial charge in [-0.3, -0.25) is 14.4 Å². The van der Waals surface area contributed by atoms with Crippen LogP contribution in [0.5, 0.6) is 0 Å². The van der Waals surface area contributed by atoms with E-state index in [1.165, 1.54) is 24.7 Å². The maximum atomic E-state index is 14.3. The molecule has 290 valence electrons. The third kappa shape index (κ3) is 8.22. The summed E-state index contributed by atoms with van der Waals surface area (Å²) in [6.45, 7) is 21.3. The largest absolute Gasteiger partial charge is 2.00 e. The van der Waals surface area contributed by atoms with Crippen molar-refractivity contribution in [2.75, 3.05) is 13.7 Å². The van der Waals surface area contributed by atoms with Gasteiger partial charge in [-0.25, -0.2) is 0 Å². The third-order valence-corrected chi connectivity index (χ3v) is 11.9. The van der Waals surface area contributed by atoms with Crippen molar-refractivity contribution in [2.24, 2.45) is 23.7 Å². The molecule has 0 spiro atoms. The average Bonchev–Trinajstić information content (AvgIpc) is 3.87. The van der Waals surface area contributed by atoms with Gasteiger partial charge in [0.15, 0.2) is 5.78 Å². The Morgan fingerprint density at radius 2 is 1.67 bits per heavy atom. The van der Waals surface area contributed by atoms with E-state index in [0.29, 0.717) is 54.1 Å². The molecule has 5 heterocycles. The van der Waals surface area contributed by atoms with Crippen molar-refractivity contribution in [3.63, 3.8) is 0 Å². The molecule has 0 radical (unpaired) electrons. The second-order valence-electron chi connectivity index (χ2n) is 15.8. The number of ketones is 1. The number of hydrogen-bond donors (Lipinski definition) is 0. The predicted molar refractivity (Wildman–Crippen MR) is 217 cm³/mol. The number of esters is 2. The minimum atomic E-state index is -1.19. The molecule has 0 N–H and O–H groups in total. The van der Waals surface area contributed by atoms with Crippen molar-refractivity contribution < 1.29 is 23.9 Å². The first kappa shape index (κ1) is 42.4. The van der Waals surface area contributed by atoms with Crippen molar-refractivity contribution >= 4 is 52.4 Å². The van der Waals surface area contributed by atoms with Gasteiger partial charge in [-0.05, 0) is 90.0 Å². The Labute approximate surface area is 343 Å². The number of nitrogens with zero attached hydrogens (tertiary/aromatic N) is 4. The van der Waals surface area contributed by atoms with E-state index in [0.717, 1.165) is 75.7 Å². The van der Waals surface area contributed by atoms with Crippen molar-refractivity contribution in [2.45, 2.75) is 113 Å². The van der Waals surface area contributed by atoms with E-state index < -0.39 is 11.9 Å². The Morgan fingerprint density at radius 1 is 0.982 bits per heavy atom. The minimum Gasteiger partial charge on any atom is -0.664 e.